The van der Waals surface area contributed by atoms with E-state index < -0.39 is 0 Å². The lowest BCUT2D eigenvalue weighted by atomic mass is 10.0. The van der Waals surface area contributed by atoms with Crippen molar-refractivity contribution < 1.29 is 9.47 Å². The topological polar surface area (TPSA) is 50.8 Å². The van der Waals surface area contributed by atoms with Gasteiger partial charge >= 0.3 is 0 Å². The van der Waals surface area contributed by atoms with E-state index in [0.29, 0.717) is 12.2 Å². The first kappa shape index (κ1) is 17.5. The van der Waals surface area contributed by atoms with E-state index in [2.05, 4.69) is 58.5 Å². The van der Waals surface area contributed by atoms with Crippen LogP contribution >= 0.6 is 0 Å². The van der Waals surface area contributed by atoms with Crippen molar-refractivity contribution in [2.45, 2.75) is 37.9 Å². The van der Waals surface area contributed by atoms with Crippen molar-refractivity contribution in [3.8, 4) is 11.4 Å². The average Bonchev–Trinajstić information content (AvgIpc) is 3.66. The van der Waals surface area contributed by atoms with E-state index in [1.54, 1.807) is 0 Å². The molecule has 2 fully saturated rings. The summed E-state index contributed by atoms with van der Waals surface area (Å²) in [7, 11) is 0. The lowest BCUT2D eigenvalue weighted by molar-refractivity contribution is 0.407. The van der Waals surface area contributed by atoms with Gasteiger partial charge in [-0.05, 0) is 35.1 Å². The van der Waals surface area contributed by atoms with Crippen molar-refractivity contribution in [3.05, 3.63) is 83.2 Å². The van der Waals surface area contributed by atoms with Gasteiger partial charge < -0.3 is 9.47 Å². The minimum Gasteiger partial charge on any atom is -0.373 e. The standard InChI is InChI=1S/C24H24N2O2/c1-4-18(11-22-15-27-22)5-2-17(1)3-6-20-13-25-24(26-14-20)21-9-7-19(8-10-21)12-23-16-28-23/h1-2,4-5,7-10,13-14,22-23H,3,6,11-12,15-16H2. The maximum Gasteiger partial charge on any atom is 0.159 e. The van der Waals surface area contributed by atoms with Gasteiger partial charge in [-0.1, -0.05) is 48.5 Å². The number of benzene rings is 2. The lowest BCUT2D eigenvalue weighted by Crippen LogP contribution is -1.97. The van der Waals surface area contributed by atoms with E-state index in [1.807, 2.05) is 12.4 Å². The van der Waals surface area contributed by atoms with Crippen LogP contribution < -0.4 is 0 Å². The van der Waals surface area contributed by atoms with E-state index in [0.717, 1.165) is 50.3 Å². The SMILES string of the molecule is c1cc(CC2CO2)ccc1CCc1cnc(-c2ccc(CC3CO3)cc2)nc1. The van der Waals surface area contributed by atoms with Crippen LogP contribution in [0.2, 0.25) is 0 Å². The fourth-order valence-corrected chi connectivity index (χ4v) is 3.45. The van der Waals surface area contributed by atoms with E-state index in [4.69, 9.17) is 9.47 Å². The zero-order valence-electron chi connectivity index (χ0n) is 15.9. The first-order chi connectivity index (χ1) is 13.8. The molecule has 2 atom stereocenters. The Balaban J connectivity index is 1.16. The van der Waals surface area contributed by atoms with E-state index >= 15 is 0 Å². The molecule has 28 heavy (non-hydrogen) atoms. The zero-order chi connectivity index (χ0) is 18.8. The van der Waals surface area contributed by atoms with Gasteiger partial charge in [-0.25, -0.2) is 9.97 Å². The second kappa shape index (κ2) is 7.82. The van der Waals surface area contributed by atoms with E-state index in [9.17, 15) is 0 Å². The normalized spacial score (nSPS) is 20.1. The van der Waals surface area contributed by atoms with Gasteiger partial charge in [0.15, 0.2) is 5.82 Å². The molecular weight excluding hydrogens is 348 g/mol. The summed E-state index contributed by atoms with van der Waals surface area (Å²) in [5, 5.41) is 0. The highest BCUT2D eigenvalue weighted by atomic mass is 16.6. The van der Waals surface area contributed by atoms with Gasteiger partial charge in [0, 0.05) is 30.8 Å². The van der Waals surface area contributed by atoms with Crippen LogP contribution in [0.25, 0.3) is 11.4 Å². The number of hydrogen-bond donors (Lipinski definition) is 0. The fraction of sp³-hybridized carbons (Fsp3) is 0.333. The Morgan fingerprint density at radius 2 is 1.11 bits per heavy atom. The third kappa shape index (κ3) is 4.64. The Morgan fingerprint density at radius 3 is 1.64 bits per heavy atom. The summed E-state index contributed by atoms with van der Waals surface area (Å²) in [6.45, 7) is 1.81. The van der Waals surface area contributed by atoms with Crippen LogP contribution in [0.15, 0.2) is 60.9 Å². The second-order valence-electron chi connectivity index (χ2n) is 7.75. The van der Waals surface area contributed by atoms with Gasteiger partial charge in [0.2, 0.25) is 0 Å². The number of aromatic nitrogens is 2. The third-order valence-corrected chi connectivity index (χ3v) is 5.37. The minimum atomic E-state index is 0.421. The predicted octanol–water partition coefficient (Wildman–Crippen LogP) is 3.81. The molecule has 0 radical (unpaired) electrons. The summed E-state index contributed by atoms with van der Waals surface area (Å²) >= 11 is 0. The molecule has 2 aromatic carbocycles. The van der Waals surface area contributed by atoms with Gasteiger partial charge in [0.25, 0.3) is 0 Å². The molecule has 142 valence electrons. The van der Waals surface area contributed by atoms with Gasteiger partial charge in [0.1, 0.15) is 0 Å². The summed E-state index contributed by atoms with van der Waals surface area (Å²) in [5.41, 5.74) is 6.23. The van der Waals surface area contributed by atoms with Gasteiger partial charge in [-0.15, -0.1) is 0 Å². The van der Waals surface area contributed by atoms with Gasteiger partial charge in [0.05, 0.1) is 25.4 Å². The summed E-state index contributed by atoms with van der Waals surface area (Å²) in [6, 6.07) is 17.4. The Kier molecular flexibility index (Phi) is 4.90. The minimum absolute atomic E-state index is 0.421. The second-order valence-corrected chi connectivity index (χ2v) is 7.75. The zero-order valence-corrected chi connectivity index (χ0v) is 15.9. The molecule has 3 aromatic rings. The number of aryl methyl sites for hydroxylation is 2. The van der Waals surface area contributed by atoms with Crippen molar-refractivity contribution in [1.29, 1.82) is 0 Å². The number of rotatable bonds is 8. The average molecular weight is 372 g/mol. The van der Waals surface area contributed by atoms with Crippen LogP contribution in [-0.4, -0.2) is 35.4 Å². The van der Waals surface area contributed by atoms with Gasteiger partial charge in [-0.2, -0.15) is 0 Å². The highest BCUT2D eigenvalue weighted by molar-refractivity contribution is 5.55. The molecule has 1 aromatic heterocycles. The highest BCUT2D eigenvalue weighted by Gasteiger charge is 2.23. The maximum absolute atomic E-state index is 5.29. The van der Waals surface area contributed by atoms with Gasteiger partial charge in [-0.3, -0.25) is 0 Å². The predicted molar refractivity (Wildman–Crippen MR) is 108 cm³/mol. The van der Waals surface area contributed by atoms with Crippen LogP contribution in [0.5, 0.6) is 0 Å². The first-order valence-electron chi connectivity index (χ1n) is 10.0. The smallest absolute Gasteiger partial charge is 0.159 e. The molecule has 0 spiro atoms. The van der Waals surface area contributed by atoms with Crippen LogP contribution in [0.4, 0.5) is 0 Å². The Labute approximate surface area is 165 Å². The number of ether oxygens (including phenoxy) is 2. The van der Waals surface area contributed by atoms with E-state index in [1.165, 1.54) is 22.3 Å². The molecule has 4 heteroatoms. The Hall–Kier alpha value is -2.56. The van der Waals surface area contributed by atoms with Crippen molar-refractivity contribution in [2.24, 2.45) is 0 Å². The van der Waals surface area contributed by atoms with Crippen LogP contribution in [-0.2, 0) is 35.2 Å². The molecule has 2 unspecified atom stereocenters. The van der Waals surface area contributed by atoms with Crippen LogP contribution in [0.3, 0.4) is 0 Å². The molecule has 0 N–H and O–H groups in total. The molecule has 5 rings (SSSR count). The van der Waals surface area contributed by atoms with E-state index in [-0.39, 0.29) is 0 Å². The highest BCUT2D eigenvalue weighted by Crippen LogP contribution is 2.20. The number of epoxide rings is 2. The Bertz CT molecular complexity index is 912. The quantitative estimate of drug-likeness (QED) is 0.564. The van der Waals surface area contributed by atoms with Crippen molar-refractivity contribution in [3.63, 3.8) is 0 Å². The summed E-state index contributed by atoms with van der Waals surface area (Å²) in [4.78, 5) is 9.14. The van der Waals surface area contributed by atoms with Crippen molar-refractivity contribution in [2.75, 3.05) is 13.2 Å². The number of hydrogen-bond acceptors (Lipinski definition) is 4. The maximum atomic E-state index is 5.29. The van der Waals surface area contributed by atoms with Crippen LogP contribution in [0.1, 0.15) is 22.3 Å². The Morgan fingerprint density at radius 1 is 0.643 bits per heavy atom. The molecule has 4 nitrogen and oxygen atoms in total. The first-order valence-corrected chi connectivity index (χ1v) is 10.0. The molecule has 0 bridgehead atoms. The molecule has 2 aliphatic heterocycles. The monoisotopic (exact) mass is 372 g/mol. The molecule has 2 aliphatic rings. The van der Waals surface area contributed by atoms with Crippen LogP contribution in [0, 0.1) is 0 Å². The molecule has 0 saturated carbocycles. The summed E-state index contributed by atoms with van der Waals surface area (Å²) in [6.07, 6.45) is 8.75. The number of nitrogens with zero attached hydrogens (tertiary/aromatic N) is 2. The third-order valence-electron chi connectivity index (χ3n) is 5.37. The largest absolute Gasteiger partial charge is 0.373 e. The molecule has 3 heterocycles. The molecule has 0 amide bonds. The fourth-order valence-electron chi connectivity index (χ4n) is 3.45. The van der Waals surface area contributed by atoms with Crippen molar-refractivity contribution >= 4 is 0 Å². The summed E-state index contributed by atoms with van der Waals surface area (Å²) < 4.78 is 10.6. The molecule has 2 saturated heterocycles. The van der Waals surface area contributed by atoms with Crippen molar-refractivity contribution in [1.82, 2.24) is 9.97 Å². The molecular formula is C24H24N2O2. The molecule has 0 aliphatic carbocycles. The lowest BCUT2D eigenvalue weighted by Gasteiger charge is -2.05. The summed E-state index contributed by atoms with van der Waals surface area (Å²) in [5.74, 6) is 0.782.